The Morgan fingerprint density at radius 2 is 1.67 bits per heavy atom. The molecule has 0 aliphatic rings. The number of rotatable bonds is 5. The minimum absolute atomic E-state index is 0.0986. The second-order valence-electron chi connectivity index (χ2n) is 4.91. The fourth-order valence-corrected chi connectivity index (χ4v) is 1.83. The molecule has 9 heteroatoms. The first-order valence-corrected chi connectivity index (χ1v) is 6.94. The Morgan fingerprint density at radius 3 is 2.17 bits per heavy atom. The van der Waals surface area contributed by atoms with E-state index in [1.165, 1.54) is 6.07 Å². The summed E-state index contributed by atoms with van der Waals surface area (Å²) in [6.07, 6.45) is -4.45. The van der Waals surface area contributed by atoms with E-state index < -0.39 is 23.6 Å². The van der Waals surface area contributed by atoms with Crippen LogP contribution in [-0.4, -0.2) is 30.1 Å². The molecule has 0 saturated carbocycles. The second kappa shape index (κ2) is 7.16. The van der Waals surface area contributed by atoms with Crippen molar-refractivity contribution >= 4 is 11.8 Å². The lowest BCUT2D eigenvalue weighted by Crippen LogP contribution is -2.34. The summed E-state index contributed by atoms with van der Waals surface area (Å²) >= 11 is 0. The number of hydrogen-bond donors (Lipinski definition) is 2. The van der Waals surface area contributed by atoms with Gasteiger partial charge in [0.15, 0.2) is 5.69 Å². The highest BCUT2D eigenvalue weighted by Crippen LogP contribution is 2.28. The van der Waals surface area contributed by atoms with E-state index in [2.05, 4.69) is 15.8 Å². The molecule has 24 heavy (non-hydrogen) atoms. The van der Waals surface area contributed by atoms with Crippen LogP contribution in [0, 0.1) is 6.92 Å². The normalized spacial score (nSPS) is 11.2. The monoisotopic (exact) mass is 341 g/mol. The van der Waals surface area contributed by atoms with Gasteiger partial charge >= 0.3 is 6.18 Å². The zero-order valence-corrected chi connectivity index (χ0v) is 12.6. The molecule has 0 aliphatic heterocycles. The molecule has 2 N–H and O–H groups in total. The van der Waals surface area contributed by atoms with Crippen LogP contribution in [0.4, 0.5) is 13.2 Å². The number of alkyl halides is 3. The van der Waals surface area contributed by atoms with Crippen molar-refractivity contribution in [1.29, 1.82) is 0 Å². The number of aromatic nitrogens is 1. The number of nitrogens with zero attached hydrogens (tertiary/aromatic N) is 1. The van der Waals surface area contributed by atoms with E-state index in [1.54, 1.807) is 6.92 Å². The summed E-state index contributed by atoms with van der Waals surface area (Å²) in [6.45, 7) is 1.90. The number of carbonyl (C=O) groups excluding carboxylic acids is 2. The third kappa shape index (κ3) is 4.58. The van der Waals surface area contributed by atoms with Crippen LogP contribution in [-0.2, 0) is 6.18 Å². The quantitative estimate of drug-likeness (QED) is 0.817. The summed E-state index contributed by atoms with van der Waals surface area (Å²) in [5.41, 5.74) is -0.600. The average Bonchev–Trinajstić information content (AvgIpc) is 2.97. The number of benzene rings is 1. The summed E-state index contributed by atoms with van der Waals surface area (Å²) in [7, 11) is 0. The third-order valence-corrected chi connectivity index (χ3v) is 3.03. The van der Waals surface area contributed by atoms with Gasteiger partial charge in [0.25, 0.3) is 11.8 Å². The van der Waals surface area contributed by atoms with Crippen LogP contribution in [0.5, 0.6) is 0 Å². The van der Waals surface area contributed by atoms with Crippen molar-refractivity contribution in [2.24, 2.45) is 0 Å². The highest BCUT2D eigenvalue weighted by atomic mass is 19.4. The van der Waals surface area contributed by atoms with Gasteiger partial charge in [-0.15, -0.1) is 0 Å². The SMILES string of the molecule is Cc1cc(C(=O)NCCNC(=O)c2ccc(C(F)(F)F)cc2)no1. The molecule has 0 aliphatic carbocycles. The van der Waals surface area contributed by atoms with E-state index >= 15 is 0 Å². The molecule has 1 aromatic carbocycles. The van der Waals surface area contributed by atoms with E-state index in [1.807, 2.05) is 0 Å². The second-order valence-corrected chi connectivity index (χ2v) is 4.91. The van der Waals surface area contributed by atoms with Gasteiger partial charge in [0, 0.05) is 24.7 Å². The van der Waals surface area contributed by atoms with E-state index in [0.29, 0.717) is 5.76 Å². The largest absolute Gasteiger partial charge is 0.416 e. The van der Waals surface area contributed by atoms with Gasteiger partial charge in [-0.1, -0.05) is 5.16 Å². The maximum atomic E-state index is 12.4. The van der Waals surface area contributed by atoms with Gasteiger partial charge in [-0.3, -0.25) is 9.59 Å². The standard InChI is InChI=1S/C15H14F3N3O3/c1-9-8-12(21-24-9)14(23)20-7-6-19-13(22)10-2-4-11(5-3-10)15(16,17)18/h2-5,8H,6-7H2,1H3,(H,19,22)(H,20,23). The summed E-state index contributed by atoms with van der Waals surface area (Å²) in [5, 5.41) is 8.55. The lowest BCUT2D eigenvalue weighted by molar-refractivity contribution is -0.137. The smallest absolute Gasteiger partial charge is 0.361 e. The van der Waals surface area contributed by atoms with Crippen LogP contribution >= 0.6 is 0 Å². The molecule has 0 atom stereocenters. The molecular weight excluding hydrogens is 327 g/mol. The molecule has 1 heterocycles. The first-order chi connectivity index (χ1) is 11.3. The molecular formula is C15H14F3N3O3. The fourth-order valence-electron chi connectivity index (χ4n) is 1.83. The van der Waals surface area contributed by atoms with Crippen LogP contribution in [0.25, 0.3) is 0 Å². The molecule has 2 rings (SSSR count). The predicted molar refractivity (Wildman–Crippen MR) is 77.4 cm³/mol. The van der Waals surface area contributed by atoms with Crippen molar-refractivity contribution in [1.82, 2.24) is 15.8 Å². The van der Waals surface area contributed by atoms with E-state index in [9.17, 15) is 22.8 Å². The molecule has 0 radical (unpaired) electrons. The Kier molecular flexibility index (Phi) is 5.22. The zero-order valence-electron chi connectivity index (χ0n) is 12.6. The van der Waals surface area contributed by atoms with Crippen molar-refractivity contribution in [3.05, 3.63) is 52.9 Å². The van der Waals surface area contributed by atoms with Crippen molar-refractivity contribution in [3.63, 3.8) is 0 Å². The molecule has 1 aromatic heterocycles. The highest BCUT2D eigenvalue weighted by molar-refractivity contribution is 5.94. The molecule has 0 saturated heterocycles. The van der Waals surface area contributed by atoms with Crippen LogP contribution in [0.15, 0.2) is 34.9 Å². The number of halogens is 3. The molecule has 0 fully saturated rings. The number of aryl methyl sites for hydroxylation is 1. The van der Waals surface area contributed by atoms with Crippen molar-refractivity contribution in [3.8, 4) is 0 Å². The number of nitrogens with one attached hydrogen (secondary N) is 2. The first kappa shape index (κ1) is 17.5. The van der Waals surface area contributed by atoms with Crippen molar-refractivity contribution < 1.29 is 27.3 Å². The van der Waals surface area contributed by atoms with E-state index in [0.717, 1.165) is 24.3 Å². The minimum Gasteiger partial charge on any atom is -0.361 e. The summed E-state index contributed by atoms with van der Waals surface area (Å²) < 4.78 is 42.1. The van der Waals surface area contributed by atoms with Crippen LogP contribution in [0.3, 0.4) is 0 Å². The van der Waals surface area contributed by atoms with Gasteiger partial charge in [0.1, 0.15) is 5.76 Å². The van der Waals surface area contributed by atoms with Gasteiger partial charge in [0.2, 0.25) is 0 Å². The minimum atomic E-state index is -4.45. The number of hydrogen-bond acceptors (Lipinski definition) is 4. The van der Waals surface area contributed by atoms with Crippen molar-refractivity contribution in [2.45, 2.75) is 13.1 Å². The van der Waals surface area contributed by atoms with Gasteiger partial charge in [-0.05, 0) is 31.2 Å². The van der Waals surface area contributed by atoms with E-state index in [4.69, 9.17) is 4.52 Å². The number of amides is 2. The van der Waals surface area contributed by atoms with Gasteiger partial charge < -0.3 is 15.2 Å². The summed E-state index contributed by atoms with van der Waals surface area (Å²) in [4.78, 5) is 23.4. The highest BCUT2D eigenvalue weighted by Gasteiger charge is 2.30. The van der Waals surface area contributed by atoms with Crippen LogP contribution < -0.4 is 10.6 Å². The topological polar surface area (TPSA) is 84.2 Å². The van der Waals surface area contributed by atoms with Gasteiger partial charge in [0.05, 0.1) is 5.56 Å². The Labute approximate surface area is 135 Å². The lowest BCUT2D eigenvalue weighted by Gasteiger charge is -2.08. The average molecular weight is 341 g/mol. The zero-order chi connectivity index (χ0) is 17.7. The van der Waals surface area contributed by atoms with Crippen LogP contribution in [0.2, 0.25) is 0 Å². The van der Waals surface area contributed by atoms with Gasteiger partial charge in [-0.25, -0.2) is 0 Å². The Hall–Kier alpha value is -2.84. The number of carbonyl (C=O) groups is 2. The first-order valence-electron chi connectivity index (χ1n) is 6.94. The maximum absolute atomic E-state index is 12.4. The maximum Gasteiger partial charge on any atom is 0.416 e. The van der Waals surface area contributed by atoms with E-state index in [-0.39, 0.29) is 24.3 Å². The summed E-state index contributed by atoms with van der Waals surface area (Å²) in [5.74, 6) is -0.485. The lowest BCUT2D eigenvalue weighted by atomic mass is 10.1. The third-order valence-electron chi connectivity index (χ3n) is 3.03. The molecule has 0 spiro atoms. The summed E-state index contributed by atoms with van der Waals surface area (Å²) in [6, 6.07) is 5.33. The molecule has 0 unspecified atom stereocenters. The molecule has 128 valence electrons. The van der Waals surface area contributed by atoms with Gasteiger partial charge in [-0.2, -0.15) is 13.2 Å². The molecule has 6 nitrogen and oxygen atoms in total. The Balaban J connectivity index is 1.78. The predicted octanol–water partition coefficient (Wildman–Crippen LogP) is 2.16. The fraction of sp³-hybridized carbons (Fsp3) is 0.267. The van der Waals surface area contributed by atoms with Crippen molar-refractivity contribution in [2.75, 3.05) is 13.1 Å². The van der Waals surface area contributed by atoms with Crippen LogP contribution in [0.1, 0.15) is 32.2 Å². The molecule has 2 amide bonds. The molecule has 0 bridgehead atoms. The Morgan fingerprint density at radius 1 is 1.08 bits per heavy atom. The Bertz CT molecular complexity index is 724. The molecule has 2 aromatic rings.